The molecule has 2 N–H and O–H groups in total. The van der Waals surface area contributed by atoms with E-state index < -0.39 is 11.9 Å². The predicted octanol–water partition coefficient (Wildman–Crippen LogP) is 11.1. The molecule has 4 heterocycles. The molecule has 4 aromatic carbocycles. The summed E-state index contributed by atoms with van der Waals surface area (Å²) < 4.78 is 4.05. The molecule has 0 unspecified atom stereocenters. The second-order valence-electron chi connectivity index (χ2n) is 16.3. The third-order valence-electron chi connectivity index (χ3n) is 11.6. The first-order valence-electron chi connectivity index (χ1n) is 20.2. The first kappa shape index (κ1) is 39.9. The van der Waals surface area contributed by atoms with E-state index in [0.29, 0.717) is 23.0 Å². The summed E-state index contributed by atoms with van der Waals surface area (Å²) in [6.07, 6.45) is 12.5. The lowest BCUT2D eigenvalue weighted by molar-refractivity contribution is -0.134. The molecule has 0 aliphatic carbocycles. The molecular weight excluding hydrogens is 721 g/mol. The van der Waals surface area contributed by atoms with Gasteiger partial charge in [-0.05, 0) is 82.0 Å². The van der Waals surface area contributed by atoms with Gasteiger partial charge in [-0.15, -0.1) is 0 Å². The number of benzene rings is 4. The van der Waals surface area contributed by atoms with Crippen molar-refractivity contribution >= 4 is 24.1 Å². The van der Waals surface area contributed by atoms with Crippen LogP contribution >= 0.6 is 0 Å². The van der Waals surface area contributed by atoms with Gasteiger partial charge >= 0.3 is 11.9 Å². The molecule has 6 aromatic rings. The largest absolute Gasteiger partial charge is 0.478 e. The van der Waals surface area contributed by atoms with Crippen molar-refractivity contribution in [2.45, 2.75) is 78.3 Å². The fourth-order valence-electron chi connectivity index (χ4n) is 8.53. The summed E-state index contributed by atoms with van der Waals surface area (Å²) in [7, 11) is 0. The highest BCUT2D eigenvalue weighted by Crippen LogP contribution is 2.41. The van der Waals surface area contributed by atoms with Gasteiger partial charge in [0.05, 0.1) is 23.2 Å². The number of rotatable bonds is 10. The molecule has 2 aliphatic heterocycles. The maximum atomic E-state index is 12.2. The number of imidazole rings is 2. The molecule has 0 saturated heterocycles. The maximum Gasteiger partial charge on any atom is 0.333 e. The highest BCUT2D eigenvalue weighted by atomic mass is 16.4. The third-order valence-corrected chi connectivity index (χ3v) is 11.6. The van der Waals surface area contributed by atoms with Crippen LogP contribution in [-0.4, -0.2) is 41.3 Å². The van der Waals surface area contributed by atoms with Crippen molar-refractivity contribution in [1.82, 2.24) is 19.1 Å². The molecule has 8 nitrogen and oxygen atoms in total. The molecule has 0 spiro atoms. The van der Waals surface area contributed by atoms with Crippen molar-refractivity contribution in [2.75, 3.05) is 0 Å². The highest BCUT2D eigenvalue weighted by molar-refractivity contribution is 5.96. The second kappa shape index (κ2) is 17.1. The van der Waals surface area contributed by atoms with Crippen LogP contribution in [0.2, 0.25) is 0 Å². The number of hydrogen-bond donors (Lipinski definition) is 2. The first-order valence-corrected chi connectivity index (χ1v) is 20.2. The Labute approximate surface area is 341 Å². The van der Waals surface area contributed by atoms with Crippen LogP contribution in [0.3, 0.4) is 0 Å². The van der Waals surface area contributed by atoms with Crippen molar-refractivity contribution in [3.05, 3.63) is 166 Å². The summed E-state index contributed by atoms with van der Waals surface area (Å²) in [6, 6.07) is 32.5. The molecule has 0 amide bonds. The summed E-state index contributed by atoms with van der Waals surface area (Å²) in [5.41, 5.74) is 9.59. The van der Waals surface area contributed by atoms with Gasteiger partial charge < -0.3 is 19.3 Å². The number of fused-ring (bicyclic) bond motifs is 6. The Bertz CT molecular complexity index is 2290. The van der Waals surface area contributed by atoms with Crippen LogP contribution < -0.4 is 0 Å². The van der Waals surface area contributed by atoms with Crippen LogP contribution in [-0.2, 0) is 22.4 Å². The van der Waals surface area contributed by atoms with Gasteiger partial charge in [-0.25, -0.2) is 19.6 Å². The highest BCUT2D eigenvalue weighted by Gasteiger charge is 2.34. The Morgan fingerprint density at radius 3 is 1.26 bits per heavy atom. The SMILES string of the molecule is CC(C)c1ccc(C[C@H](C)[C@@H]2C(C(=O)O)=Cc3ccccc3-c3nccn32)cc1.CC(C)c1ccc(C[C@H](C)[C@H]2C(C(=O)O)=Cc3ccccc3-c3nccn32)cc1. The van der Waals surface area contributed by atoms with E-state index in [-0.39, 0.29) is 23.9 Å². The molecule has 296 valence electrons. The topological polar surface area (TPSA) is 110 Å². The van der Waals surface area contributed by atoms with E-state index in [0.717, 1.165) is 46.7 Å². The second-order valence-corrected chi connectivity index (χ2v) is 16.3. The number of nitrogens with zero attached hydrogens (tertiary/aromatic N) is 4. The molecule has 0 radical (unpaired) electrons. The smallest absolute Gasteiger partial charge is 0.333 e. The monoisotopic (exact) mass is 772 g/mol. The molecule has 0 saturated carbocycles. The van der Waals surface area contributed by atoms with Crippen molar-refractivity contribution in [3.63, 3.8) is 0 Å². The molecule has 58 heavy (non-hydrogen) atoms. The lowest BCUT2D eigenvalue weighted by Crippen LogP contribution is -2.24. The number of hydrogen-bond acceptors (Lipinski definition) is 4. The molecule has 0 bridgehead atoms. The van der Waals surface area contributed by atoms with Gasteiger partial charge in [0.15, 0.2) is 0 Å². The zero-order chi connectivity index (χ0) is 41.1. The van der Waals surface area contributed by atoms with Crippen molar-refractivity contribution < 1.29 is 19.8 Å². The van der Waals surface area contributed by atoms with Crippen LogP contribution in [0.25, 0.3) is 34.9 Å². The minimum Gasteiger partial charge on any atom is -0.478 e. The quantitative estimate of drug-likeness (QED) is 0.143. The molecule has 8 rings (SSSR count). The van der Waals surface area contributed by atoms with Crippen LogP contribution in [0.4, 0.5) is 0 Å². The Hall–Kier alpha value is -6.28. The van der Waals surface area contributed by atoms with Gasteiger partial charge in [-0.1, -0.05) is 139 Å². The lowest BCUT2D eigenvalue weighted by Gasteiger charge is -2.27. The number of carboxylic acids is 2. The summed E-state index contributed by atoms with van der Waals surface area (Å²) in [5.74, 6) is 1.05. The van der Waals surface area contributed by atoms with Crippen LogP contribution in [0.15, 0.2) is 133 Å². The van der Waals surface area contributed by atoms with E-state index >= 15 is 0 Å². The number of carbonyl (C=O) groups is 2. The van der Waals surface area contributed by atoms with Crippen molar-refractivity contribution in [3.8, 4) is 22.8 Å². The van der Waals surface area contributed by atoms with Crippen LogP contribution in [0.1, 0.15) is 98.8 Å². The molecule has 2 aromatic heterocycles. The van der Waals surface area contributed by atoms with E-state index in [1.165, 1.54) is 22.3 Å². The average Bonchev–Trinajstić information content (AvgIpc) is 3.83. The van der Waals surface area contributed by atoms with Gasteiger partial charge in [-0.3, -0.25) is 0 Å². The maximum absolute atomic E-state index is 12.2. The Morgan fingerprint density at radius 1 is 0.552 bits per heavy atom. The molecule has 4 atom stereocenters. The molecule has 8 heteroatoms. The van der Waals surface area contributed by atoms with Crippen molar-refractivity contribution in [2.24, 2.45) is 11.8 Å². The van der Waals surface area contributed by atoms with E-state index in [1.807, 2.05) is 82.2 Å². The van der Waals surface area contributed by atoms with Gasteiger partial charge in [0, 0.05) is 35.9 Å². The predicted molar refractivity (Wildman–Crippen MR) is 231 cm³/mol. The first-order chi connectivity index (χ1) is 27.9. The Balaban J connectivity index is 0.000000177. The molecular formula is C50H52N4O4. The van der Waals surface area contributed by atoms with Crippen LogP contribution in [0, 0.1) is 11.8 Å². The van der Waals surface area contributed by atoms with Gasteiger partial charge in [-0.2, -0.15) is 0 Å². The third kappa shape index (κ3) is 8.23. The lowest BCUT2D eigenvalue weighted by atomic mass is 9.87. The fourth-order valence-corrected chi connectivity index (χ4v) is 8.53. The number of aliphatic carboxylic acids is 2. The fraction of sp³-hybridized carbons (Fsp3) is 0.280. The van der Waals surface area contributed by atoms with E-state index in [4.69, 9.17) is 0 Å². The van der Waals surface area contributed by atoms with Gasteiger partial charge in [0.2, 0.25) is 0 Å². The standard InChI is InChI=1S/2C25H26N2O2/c2*1-16(2)19-10-8-18(9-11-19)14-17(3)23-22(25(28)29)15-20-6-4-5-7-21(20)24-26-12-13-27(23)24/h2*4-13,15-17,23H,14H2,1-3H3,(H,28,29)/t17-,23+;17-,23-/m00/s1. The minimum atomic E-state index is -0.881. The number of carboxylic acid groups (broad SMARTS) is 2. The van der Waals surface area contributed by atoms with Gasteiger partial charge in [0.1, 0.15) is 11.6 Å². The number of aromatic nitrogens is 4. The molecule has 0 fully saturated rings. The summed E-state index contributed by atoms with van der Waals surface area (Å²) in [6.45, 7) is 13.0. The summed E-state index contributed by atoms with van der Waals surface area (Å²) >= 11 is 0. The van der Waals surface area contributed by atoms with E-state index in [9.17, 15) is 19.8 Å². The Morgan fingerprint density at radius 2 is 0.914 bits per heavy atom. The summed E-state index contributed by atoms with van der Waals surface area (Å²) in [5, 5.41) is 20.1. The Kier molecular flexibility index (Phi) is 11.7. The van der Waals surface area contributed by atoms with Gasteiger partial charge in [0.25, 0.3) is 0 Å². The van der Waals surface area contributed by atoms with Crippen LogP contribution in [0.5, 0.6) is 0 Å². The average molecular weight is 773 g/mol. The summed E-state index contributed by atoms with van der Waals surface area (Å²) in [4.78, 5) is 33.6. The minimum absolute atomic E-state index is 0.0875. The van der Waals surface area contributed by atoms with Crippen molar-refractivity contribution in [1.29, 1.82) is 0 Å². The van der Waals surface area contributed by atoms with E-state index in [2.05, 4.69) is 100 Å². The molecule has 2 aliphatic rings. The normalized spacial score (nSPS) is 16.6. The zero-order valence-electron chi connectivity index (χ0n) is 34.1. The van der Waals surface area contributed by atoms with E-state index in [1.54, 1.807) is 12.4 Å². The zero-order valence-corrected chi connectivity index (χ0v) is 34.1.